The first-order valence-corrected chi connectivity index (χ1v) is 24.7. The molecule has 5 heterocycles. The molecule has 3 N–H and O–H groups in total. The van der Waals surface area contributed by atoms with Crippen molar-refractivity contribution in [2.24, 2.45) is 17.3 Å². The second-order valence-electron chi connectivity index (χ2n) is 20.6. The highest BCUT2D eigenvalue weighted by Crippen LogP contribution is 2.42. The van der Waals surface area contributed by atoms with Crippen molar-refractivity contribution in [3.8, 4) is 40.0 Å². The quantitative estimate of drug-likeness (QED) is 0.0974. The van der Waals surface area contributed by atoms with Gasteiger partial charge in [0.1, 0.15) is 23.9 Å². The number of ether oxygens (including phenoxy) is 2. The Morgan fingerprint density at radius 1 is 1.06 bits per heavy atom. The summed E-state index contributed by atoms with van der Waals surface area (Å²) in [4.78, 5) is 78.2. The molecule has 2 fully saturated rings. The smallest absolute Gasteiger partial charge is 0.369 e. The van der Waals surface area contributed by atoms with Crippen LogP contribution in [0.4, 0.5) is 8.78 Å². The number of aromatic hydroxyl groups is 1. The molecule has 5 atom stereocenters. The Morgan fingerprint density at radius 3 is 2.50 bits per heavy atom. The maximum Gasteiger partial charge on any atom is 0.369 e. The van der Waals surface area contributed by atoms with Crippen molar-refractivity contribution in [1.29, 1.82) is 0 Å². The number of rotatable bonds is 10. The summed E-state index contributed by atoms with van der Waals surface area (Å²) in [6, 6.07) is 8.51. The van der Waals surface area contributed by atoms with Crippen molar-refractivity contribution in [2.45, 2.75) is 110 Å². The highest BCUT2D eigenvalue weighted by atomic mass is 19.3. The van der Waals surface area contributed by atoms with E-state index in [0.29, 0.717) is 41.8 Å². The minimum atomic E-state index is -3.52. The summed E-state index contributed by atoms with van der Waals surface area (Å²) in [6.45, 7) is 12.7. The number of alkyl halides is 2. The van der Waals surface area contributed by atoms with Crippen LogP contribution in [0.3, 0.4) is 0 Å². The van der Waals surface area contributed by atoms with Crippen LogP contribution in [0.25, 0.3) is 33.3 Å². The number of phenolic OH excluding ortho intramolecular Hbond substituents is 1. The van der Waals surface area contributed by atoms with Gasteiger partial charge in [0.15, 0.2) is 0 Å². The van der Waals surface area contributed by atoms with Gasteiger partial charge in [-0.25, -0.2) is 10.3 Å². The molecule has 6 bridgehead atoms. The Morgan fingerprint density at radius 2 is 1.81 bits per heavy atom. The maximum absolute atomic E-state index is 14.8. The van der Waals surface area contributed by atoms with Crippen LogP contribution in [0.1, 0.15) is 83.7 Å². The lowest BCUT2D eigenvalue weighted by atomic mass is 9.84. The van der Waals surface area contributed by atoms with E-state index in [2.05, 4.69) is 54.3 Å². The first kappa shape index (κ1) is 53.4. The molecule has 0 spiro atoms. The van der Waals surface area contributed by atoms with Crippen molar-refractivity contribution in [3.05, 3.63) is 71.5 Å². The zero-order valence-corrected chi connectivity index (χ0v) is 43.0. The first-order chi connectivity index (χ1) is 34.0. The number of nitrogens with zero attached hydrogens (tertiary/aromatic N) is 6. The van der Waals surface area contributed by atoms with Crippen LogP contribution in [-0.4, -0.2) is 143 Å². The number of pyridine rings is 1. The Kier molecular flexibility index (Phi) is 16.1. The van der Waals surface area contributed by atoms with Gasteiger partial charge in [0.05, 0.1) is 30.0 Å². The third-order valence-electron chi connectivity index (χ3n) is 14.1. The van der Waals surface area contributed by atoms with Crippen molar-refractivity contribution < 1.29 is 47.3 Å². The monoisotopic (exact) mass is 995 g/mol. The van der Waals surface area contributed by atoms with Gasteiger partial charge in [-0.2, -0.15) is 8.78 Å². The topological polar surface area (TPSA) is 179 Å². The van der Waals surface area contributed by atoms with Gasteiger partial charge in [0.2, 0.25) is 11.8 Å². The lowest BCUT2D eigenvalue weighted by Gasteiger charge is -2.37. The van der Waals surface area contributed by atoms with Gasteiger partial charge in [0.25, 0.3) is 11.8 Å². The number of benzene rings is 2. The van der Waals surface area contributed by atoms with Gasteiger partial charge < -0.3 is 34.3 Å². The lowest BCUT2D eigenvalue weighted by Crippen LogP contribution is -2.62. The molecular formula is C54H68F2N8O8. The number of nitrogens with one attached hydrogen (secondary N) is 2. The van der Waals surface area contributed by atoms with E-state index in [1.807, 2.05) is 31.0 Å². The standard InChI is InChI=1S/C54H68F2N8O8/c1-11-63-44-17-16-35-28-40(44)41(48(63)39-14-12-21-57-46(39)33(4)71-10)29-53(5,6)31-72-52(70)42-15-13-22-64(59-42)51(69)43(26-34-24-37(35)27-38(65)25-34)58-49(67)47(32(2)3)61(9)50(68)36-19-23-62(30-36)45(66)18-20-54(55,56)60(7)8/h12,14,16-17,21,24-25,27-28,32-33,36,42-43,47,59,65H,11,13,15,19,22-23,26,29-31H2,1-10H3,(H,58,67)/t33-,36?,42-,43-,47-/m0/s1. The Balaban J connectivity index is 1.25. The summed E-state index contributed by atoms with van der Waals surface area (Å²) in [6.07, 6.45) is 2.98. The first-order valence-electron chi connectivity index (χ1n) is 24.7. The third kappa shape index (κ3) is 11.4. The molecule has 4 aromatic rings. The highest BCUT2D eigenvalue weighted by molar-refractivity contribution is 5.97. The molecule has 0 radical (unpaired) electrons. The number of aromatic nitrogens is 2. The molecule has 3 aliphatic heterocycles. The molecule has 386 valence electrons. The molecule has 3 aliphatic rings. The fraction of sp³-hybridized carbons (Fsp3) is 0.519. The van der Waals surface area contributed by atoms with E-state index >= 15 is 0 Å². The number of hydrogen-bond acceptors (Lipinski definition) is 11. The molecule has 7 rings (SSSR count). The normalized spacial score (nSPS) is 20.4. The van der Waals surface area contributed by atoms with Crippen molar-refractivity contribution in [1.82, 2.24) is 40.0 Å². The van der Waals surface area contributed by atoms with Crippen molar-refractivity contribution in [3.63, 3.8) is 0 Å². The predicted molar refractivity (Wildman–Crippen MR) is 268 cm³/mol. The van der Waals surface area contributed by atoms with E-state index in [0.717, 1.165) is 53.1 Å². The van der Waals surface area contributed by atoms with Gasteiger partial charge in [-0.3, -0.25) is 34.0 Å². The van der Waals surface area contributed by atoms with Crippen LogP contribution in [0.15, 0.2) is 54.7 Å². The van der Waals surface area contributed by atoms with Gasteiger partial charge in [0, 0.05) is 80.8 Å². The van der Waals surface area contributed by atoms with E-state index < -0.39 is 71.0 Å². The van der Waals surface area contributed by atoms with Crippen LogP contribution >= 0.6 is 0 Å². The second-order valence-corrected chi connectivity index (χ2v) is 20.6. The Bertz CT molecular complexity index is 2780. The minimum absolute atomic E-state index is 0.0537. The number of hydrogen-bond donors (Lipinski definition) is 3. The van der Waals surface area contributed by atoms with Crippen LogP contribution in [-0.2, 0) is 52.8 Å². The van der Waals surface area contributed by atoms with Crippen LogP contribution < -0.4 is 10.7 Å². The number of carbonyl (C=O) groups is 5. The minimum Gasteiger partial charge on any atom is -0.508 e. The number of carbonyl (C=O) groups excluding carboxylic acids is 5. The average molecular weight is 995 g/mol. The predicted octanol–water partition coefficient (Wildman–Crippen LogP) is 5.94. The molecule has 72 heavy (non-hydrogen) atoms. The van der Waals surface area contributed by atoms with Crippen LogP contribution in [0.2, 0.25) is 0 Å². The van der Waals surface area contributed by atoms with Gasteiger partial charge >= 0.3 is 12.0 Å². The number of amides is 4. The number of hydrazine groups is 1. The summed E-state index contributed by atoms with van der Waals surface area (Å²) in [5.41, 5.74) is 9.21. The van der Waals surface area contributed by atoms with E-state index in [9.17, 15) is 37.9 Å². The summed E-state index contributed by atoms with van der Waals surface area (Å²) in [5, 5.41) is 16.6. The maximum atomic E-state index is 14.8. The molecule has 0 saturated carbocycles. The molecular weight excluding hydrogens is 927 g/mol. The van der Waals surface area contributed by atoms with E-state index in [1.165, 1.54) is 21.9 Å². The van der Waals surface area contributed by atoms with Crippen LogP contribution in [0.5, 0.6) is 5.75 Å². The number of phenols is 1. The molecule has 16 nitrogen and oxygen atoms in total. The SMILES string of the molecule is CCn1c(-c2cccnc2[C@H](C)OC)c2c3cc(ccc31)-c1cc(O)cc(c1)C[C@H](NC(=O)[C@H](C(C)C)N(C)C(=O)C1CCN(C(=O)C#CC(F)(F)N(C)C)C1)C(=O)N1CCC[C@H](N1)C(=O)OCC(C)(C)C2. The molecule has 18 heteroatoms. The number of likely N-dealkylation sites (tertiary alicyclic amines) is 1. The third-order valence-corrected chi connectivity index (χ3v) is 14.1. The summed E-state index contributed by atoms with van der Waals surface area (Å²) in [7, 11) is 5.43. The number of fused-ring (bicyclic) bond motifs is 6. The van der Waals surface area contributed by atoms with Crippen molar-refractivity contribution in [2.75, 3.05) is 54.5 Å². The molecule has 2 saturated heterocycles. The summed E-state index contributed by atoms with van der Waals surface area (Å²) < 4.78 is 42.4. The molecule has 0 aliphatic carbocycles. The number of halogens is 2. The van der Waals surface area contributed by atoms with E-state index in [1.54, 1.807) is 45.2 Å². The number of esters is 1. The lowest BCUT2D eigenvalue weighted by molar-refractivity contribution is -0.155. The number of aryl methyl sites for hydroxylation is 1. The Hall–Kier alpha value is -6.42. The molecule has 1 unspecified atom stereocenters. The van der Waals surface area contributed by atoms with Gasteiger partial charge in [-0.15, -0.1) is 0 Å². The zero-order valence-electron chi connectivity index (χ0n) is 43.0. The zero-order chi connectivity index (χ0) is 52.4. The molecule has 2 aromatic carbocycles. The van der Waals surface area contributed by atoms with E-state index in [4.69, 9.17) is 14.5 Å². The van der Waals surface area contributed by atoms with E-state index in [-0.39, 0.29) is 50.9 Å². The van der Waals surface area contributed by atoms with Crippen LogP contribution in [0, 0.1) is 29.1 Å². The summed E-state index contributed by atoms with van der Waals surface area (Å²) in [5.74, 6) is -0.482. The molecule has 2 aromatic heterocycles. The fourth-order valence-electron chi connectivity index (χ4n) is 10.1. The second kappa shape index (κ2) is 21.7. The Labute approximate surface area is 420 Å². The number of methoxy groups -OCH3 is 1. The number of likely N-dealkylation sites (N-methyl/N-ethyl adjacent to an activating group) is 1. The number of cyclic esters (lactones) is 1. The van der Waals surface area contributed by atoms with Gasteiger partial charge in [-0.05, 0) is 124 Å². The summed E-state index contributed by atoms with van der Waals surface area (Å²) >= 11 is 0. The van der Waals surface area contributed by atoms with Gasteiger partial charge in [-0.1, -0.05) is 39.8 Å². The average Bonchev–Trinajstić information content (AvgIpc) is 3.96. The molecule has 4 amide bonds. The van der Waals surface area contributed by atoms with Crippen molar-refractivity contribution >= 4 is 40.5 Å². The largest absolute Gasteiger partial charge is 0.508 e. The fourth-order valence-corrected chi connectivity index (χ4v) is 10.1. The highest BCUT2D eigenvalue weighted by Gasteiger charge is 2.41.